The maximum Gasteiger partial charge on any atom is 0.405 e. The summed E-state index contributed by atoms with van der Waals surface area (Å²) in [6.45, 7) is -0.222. The minimum absolute atomic E-state index is 0.0523. The lowest BCUT2D eigenvalue weighted by Crippen LogP contribution is -2.49. The van der Waals surface area contributed by atoms with E-state index in [1.165, 1.54) is 4.90 Å². The van der Waals surface area contributed by atoms with Crippen LogP contribution in [0, 0.1) is 5.92 Å². The van der Waals surface area contributed by atoms with Gasteiger partial charge in [0.25, 0.3) is 0 Å². The summed E-state index contributed by atoms with van der Waals surface area (Å²) in [5.41, 5.74) is 10.1. The number of nitrogens with zero attached hydrogens (tertiary/aromatic N) is 1. The van der Waals surface area contributed by atoms with E-state index in [0.717, 1.165) is 0 Å². The molecule has 1 amide bonds. The van der Waals surface area contributed by atoms with Gasteiger partial charge in [0.05, 0.1) is 5.92 Å². The highest BCUT2D eigenvalue weighted by molar-refractivity contribution is 5.77. The van der Waals surface area contributed by atoms with Crippen LogP contribution in [0.3, 0.4) is 0 Å². The van der Waals surface area contributed by atoms with E-state index in [1.54, 1.807) is 0 Å². The van der Waals surface area contributed by atoms with Crippen molar-refractivity contribution in [1.82, 2.24) is 4.90 Å². The van der Waals surface area contributed by atoms with Crippen LogP contribution in [0.1, 0.15) is 6.42 Å². The SMILES string of the molecule is NCC(N1CCC(C(N)=O)C1)C(F)(F)F. The van der Waals surface area contributed by atoms with Crippen molar-refractivity contribution in [2.45, 2.75) is 18.6 Å². The summed E-state index contributed by atoms with van der Waals surface area (Å²) in [7, 11) is 0. The van der Waals surface area contributed by atoms with Gasteiger partial charge in [0.15, 0.2) is 0 Å². The molecule has 88 valence electrons. The molecule has 15 heavy (non-hydrogen) atoms. The summed E-state index contributed by atoms with van der Waals surface area (Å²) in [6.07, 6.45) is -3.97. The normalized spacial score (nSPS) is 25.5. The topological polar surface area (TPSA) is 72.3 Å². The van der Waals surface area contributed by atoms with Crippen LogP contribution >= 0.6 is 0 Å². The molecule has 2 unspecified atom stereocenters. The Morgan fingerprint density at radius 3 is 2.47 bits per heavy atom. The first-order chi connectivity index (χ1) is 6.86. The minimum Gasteiger partial charge on any atom is -0.369 e. The fourth-order valence-corrected chi connectivity index (χ4v) is 1.79. The first kappa shape index (κ1) is 12.3. The van der Waals surface area contributed by atoms with E-state index in [1.807, 2.05) is 0 Å². The van der Waals surface area contributed by atoms with E-state index in [-0.39, 0.29) is 13.1 Å². The molecular formula is C8H14F3N3O. The lowest BCUT2D eigenvalue weighted by atomic mass is 10.1. The van der Waals surface area contributed by atoms with Gasteiger partial charge in [-0.1, -0.05) is 0 Å². The predicted molar refractivity (Wildman–Crippen MR) is 47.8 cm³/mol. The predicted octanol–water partition coefficient (Wildman–Crippen LogP) is -0.317. The van der Waals surface area contributed by atoms with Crippen molar-refractivity contribution in [2.75, 3.05) is 19.6 Å². The maximum absolute atomic E-state index is 12.5. The lowest BCUT2D eigenvalue weighted by Gasteiger charge is -2.28. The van der Waals surface area contributed by atoms with Crippen molar-refractivity contribution in [2.24, 2.45) is 17.4 Å². The molecule has 0 radical (unpaired) electrons. The van der Waals surface area contributed by atoms with Gasteiger partial charge in [-0.2, -0.15) is 13.2 Å². The number of nitrogens with two attached hydrogens (primary N) is 2. The smallest absolute Gasteiger partial charge is 0.369 e. The Morgan fingerprint density at radius 1 is 1.53 bits per heavy atom. The van der Waals surface area contributed by atoms with Gasteiger partial charge in [0, 0.05) is 13.1 Å². The lowest BCUT2D eigenvalue weighted by molar-refractivity contribution is -0.178. The monoisotopic (exact) mass is 225 g/mol. The average Bonchev–Trinajstić information content (AvgIpc) is 2.51. The van der Waals surface area contributed by atoms with Gasteiger partial charge in [-0.05, 0) is 13.0 Å². The van der Waals surface area contributed by atoms with Crippen molar-refractivity contribution in [3.8, 4) is 0 Å². The molecule has 4 N–H and O–H groups in total. The number of halogens is 3. The molecule has 7 heteroatoms. The second kappa shape index (κ2) is 4.36. The Morgan fingerprint density at radius 2 is 2.13 bits per heavy atom. The van der Waals surface area contributed by atoms with Crippen LogP contribution in [0.25, 0.3) is 0 Å². The third-order valence-corrected chi connectivity index (χ3v) is 2.66. The van der Waals surface area contributed by atoms with E-state index in [4.69, 9.17) is 11.5 Å². The molecule has 2 atom stereocenters. The summed E-state index contributed by atoms with van der Waals surface area (Å²) < 4.78 is 37.4. The molecule has 4 nitrogen and oxygen atoms in total. The first-order valence-corrected chi connectivity index (χ1v) is 4.66. The Hall–Kier alpha value is -0.820. The van der Waals surface area contributed by atoms with Gasteiger partial charge in [-0.15, -0.1) is 0 Å². The molecule has 1 rings (SSSR count). The zero-order chi connectivity index (χ0) is 11.6. The number of alkyl halides is 3. The molecule has 1 saturated heterocycles. The van der Waals surface area contributed by atoms with Crippen LogP contribution in [0.4, 0.5) is 13.2 Å². The van der Waals surface area contributed by atoms with Crippen LogP contribution < -0.4 is 11.5 Å². The standard InChI is InChI=1S/C8H14F3N3O/c9-8(10,11)6(3-12)14-2-1-5(4-14)7(13)15/h5-6H,1-4,12H2,(H2,13,15). The van der Waals surface area contributed by atoms with Crippen molar-refractivity contribution >= 4 is 5.91 Å². The van der Waals surface area contributed by atoms with Crippen LogP contribution in [0.2, 0.25) is 0 Å². The van der Waals surface area contributed by atoms with Crippen molar-refractivity contribution < 1.29 is 18.0 Å². The largest absolute Gasteiger partial charge is 0.405 e. The first-order valence-electron chi connectivity index (χ1n) is 4.66. The summed E-state index contributed by atoms with van der Waals surface area (Å²) in [6, 6.07) is -1.66. The minimum atomic E-state index is -4.35. The number of hydrogen-bond acceptors (Lipinski definition) is 3. The van der Waals surface area contributed by atoms with Crippen molar-refractivity contribution in [1.29, 1.82) is 0 Å². The van der Waals surface area contributed by atoms with E-state index in [9.17, 15) is 18.0 Å². The summed E-state index contributed by atoms with van der Waals surface area (Å²) in [5.74, 6) is -1.03. The molecule has 1 aliphatic heterocycles. The Kier molecular flexibility index (Phi) is 3.56. The van der Waals surface area contributed by atoms with Gasteiger partial charge >= 0.3 is 6.18 Å². The number of primary amides is 1. The second-order valence-corrected chi connectivity index (χ2v) is 3.68. The summed E-state index contributed by atoms with van der Waals surface area (Å²) in [4.78, 5) is 12.0. The Labute approximate surface area is 85.4 Å². The zero-order valence-electron chi connectivity index (χ0n) is 8.13. The average molecular weight is 225 g/mol. The van der Waals surface area contributed by atoms with Gasteiger partial charge in [0.1, 0.15) is 6.04 Å². The Bertz CT molecular complexity index is 244. The number of carbonyl (C=O) groups excluding carboxylic acids is 1. The second-order valence-electron chi connectivity index (χ2n) is 3.68. The highest BCUT2D eigenvalue weighted by atomic mass is 19.4. The molecule has 1 fully saturated rings. The summed E-state index contributed by atoms with van der Waals surface area (Å²) >= 11 is 0. The number of hydrogen-bond donors (Lipinski definition) is 2. The van der Waals surface area contributed by atoms with Crippen LogP contribution in [0.15, 0.2) is 0 Å². The van der Waals surface area contributed by atoms with Crippen molar-refractivity contribution in [3.63, 3.8) is 0 Å². The molecule has 0 aromatic carbocycles. The van der Waals surface area contributed by atoms with Crippen LogP contribution in [-0.4, -0.2) is 42.7 Å². The number of rotatable bonds is 3. The number of carbonyl (C=O) groups is 1. The van der Waals surface area contributed by atoms with Crippen LogP contribution in [0.5, 0.6) is 0 Å². The maximum atomic E-state index is 12.5. The molecular weight excluding hydrogens is 211 g/mol. The number of likely N-dealkylation sites (tertiary alicyclic amines) is 1. The molecule has 0 bridgehead atoms. The molecule has 0 aromatic heterocycles. The van der Waals surface area contributed by atoms with E-state index >= 15 is 0 Å². The van der Waals surface area contributed by atoms with Gasteiger partial charge in [-0.3, -0.25) is 9.69 Å². The quantitative estimate of drug-likeness (QED) is 0.691. The molecule has 1 heterocycles. The molecule has 0 saturated carbocycles. The third kappa shape index (κ3) is 2.82. The highest BCUT2D eigenvalue weighted by Gasteiger charge is 2.45. The number of amides is 1. The highest BCUT2D eigenvalue weighted by Crippen LogP contribution is 2.28. The zero-order valence-corrected chi connectivity index (χ0v) is 8.13. The summed E-state index contributed by atoms with van der Waals surface area (Å²) in [5, 5.41) is 0. The molecule has 0 aromatic rings. The van der Waals surface area contributed by atoms with Gasteiger partial charge in [0.2, 0.25) is 5.91 Å². The van der Waals surface area contributed by atoms with E-state index in [2.05, 4.69) is 0 Å². The van der Waals surface area contributed by atoms with E-state index in [0.29, 0.717) is 6.42 Å². The van der Waals surface area contributed by atoms with E-state index < -0.39 is 30.6 Å². The molecule has 1 aliphatic rings. The molecule has 0 spiro atoms. The van der Waals surface area contributed by atoms with Gasteiger partial charge in [-0.25, -0.2) is 0 Å². The third-order valence-electron chi connectivity index (χ3n) is 2.66. The fraction of sp³-hybridized carbons (Fsp3) is 0.875. The van der Waals surface area contributed by atoms with Crippen molar-refractivity contribution in [3.05, 3.63) is 0 Å². The Balaban J connectivity index is 2.62. The molecule has 0 aliphatic carbocycles. The fourth-order valence-electron chi connectivity index (χ4n) is 1.79. The van der Waals surface area contributed by atoms with Crippen LogP contribution in [-0.2, 0) is 4.79 Å². The van der Waals surface area contributed by atoms with Gasteiger partial charge < -0.3 is 11.5 Å².